The molecule has 7 heteroatoms. The quantitative estimate of drug-likeness (QED) is 0.670. The van der Waals surface area contributed by atoms with Crippen molar-refractivity contribution in [2.24, 2.45) is 0 Å². The van der Waals surface area contributed by atoms with Crippen LogP contribution in [0.4, 0.5) is 5.82 Å². The number of carbonyl (C=O) groups excluding carboxylic acids is 1. The number of aryl methyl sites for hydroxylation is 1. The van der Waals surface area contributed by atoms with E-state index in [0.717, 1.165) is 28.8 Å². The van der Waals surface area contributed by atoms with Gasteiger partial charge in [-0.15, -0.1) is 0 Å². The average molecular weight is 407 g/mol. The number of rotatable bonds is 6. The Hall–Kier alpha value is -3.48. The maximum Gasteiger partial charge on any atom is 0.226 e. The fourth-order valence-corrected chi connectivity index (χ4v) is 4.02. The maximum atomic E-state index is 12.7. The molecule has 0 radical (unpaired) electrons. The maximum absolute atomic E-state index is 12.7. The Morgan fingerprint density at radius 2 is 1.73 bits per heavy atom. The van der Waals surface area contributed by atoms with Gasteiger partial charge in [-0.2, -0.15) is 5.10 Å². The van der Waals surface area contributed by atoms with Crippen LogP contribution in [0, 0.1) is 0 Å². The van der Waals surface area contributed by atoms with Crippen molar-refractivity contribution in [3.8, 4) is 22.9 Å². The second-order valence-electron chi connectivity index (χ2n) is 7.10. The third-order valence-electron chi connectivity index (χ3n) is 5.53. The molecule has 7 nitrogen and oxygen atoms in total. The van der Waals surface area contributed by atoms with E-state index in [1.807, 2.05) is 35.1 Å². The van der Waals surface area contributed by atoms with Crippen LogP contribution in [0.15, 0.2) is 42.6 Å². The van der Waals surface area contributed by atoms with Crippen LogP contribution in [0.5, 0.6) is 17.2 Å². The van der Waals surface area contributed by atoms with Gasteiger partial charge >= 0.3 is 0 Å². The lowest BCUT2D eigenvalue weighted by Crippen LogP contribution is -2.25. The largest absolute Gasteiger partial charge is 0.496 e. The Morgan fingerprint density at radius 1 is 1.03 bits per heavy atom. The number of hydrogen-bond acceptors (Lipinski definition) is 5. The molecule has 3 aromatic rings. The number of hydrogen-bond donors (Lipinski definition) is 1. The third-order valence-corrected chi connectivity index (χ3v) is 5.53. The van der Waals surface area contributed by atoms with Crippen LogP contribution >= 0.6 is 0 Å². The van der Waals surface area contributed by atoms with Crippen molar-refractivity contribution in [1.29, 1.82) is 0 Å². The van der Waals surface area contributed by atoms with E-state index < -0.39 is 0 Å². The van der Waals surface area contributed by atoms with Crippen LogP contribution in [0.25, 0.3) is 5.69 Å². The molecule has 30 heavy (non-hydrogen) atoms. The monoisotopic (exact) mass is 407 g/mol. The number of anilines is 1. The molecule has 1 unspecified atom stereocenters. The number of benzene rings is 2. The Morgan fingerprint density at radius 3 is 2.43 bits per heavy atom. The van der Waals surface area contributed by atoms with Crippen molar-refractivity contribution < 1.29 is 19.0 Å². The van der Waals surface area contributed by atoms with Crippen molar-refractivity contribution in [3.63, 3.8) is 0 Å². The van der Waals surface area contributed by atoms with Gasteiger partial charge in [0.1, 0.15) is 11.6 Å². The van der Waals surface area contributed by atoms with E-state index in [1.54, 1.807) is 27.4 Å². The first-order chi connectivity index (χ1) is 14.6. The van der Waals surface area contributed by atoms with Crippen molar-refractivity contribution in [2.75, 3.05) is 26.6 Å². The molecule has 1 aliphatic rings. The molecule has 1 amide bonds. The number of fused-ring (bicyclic) bond motifs is 1. The SMILES string of the molecule is CCc1ccccc1-n1ncc2c1NC(=O)CC2c1cc(OC)c(OC)cc1OC. The minimum atomic E-state index is -0.217. The van der Waals surface area contributed by atoms with E-state index in [0.29, 0.717) is 29.5 Å². The third kappa shape index (κ3) is 3.26. The first-order valence-electron chi connectivity index (χ1n) is 9.87. The Labute approximate surface area is 175 Å². The van der Waals surface area contributed by atoms with Gasteiger partial charge in [-0.25, -0.2) is 4.68 Å². The summed E-state index contributed by atoms with van der Waals surface area (Å²) in [6, 6.07) is 11.7. The van der Waals surface area contributed by atoms with E-state index in [2.05, 4.69) is 23.4 Å². The standard InChI is InChI=1S/C23H25N3O4/c1-5-14-8-6-7-9-18(14)26-23-17(13-24-26)15(11-22(27)25-23)16-10-20(29-3)21(30-4)12-19(16)28-2/h6-10,12-13,15H,5,11H2,1-4H3,(H,25,27). The van der Waals surface area contributed by atoms with Gasteiger partial charge in [0.05, 0.1) is 33.2 Å². The predicted molar refractivity (Wildman–Crippen MR) is 114 cm³/mol. The summed E-state index contributed by atoms with van der Waals surface area (Å²) in [5.41, 5.74) is 3.91. The highest BCUT2D eigenvalue weighted by molar-refractivity contribution is 5.95. The van der Waals surface area contributed by atoms with Gasteiger partial charge in [0.15, 0.2) is 11.5 Å². The molecule has 0 bridgehead atoms. The van der Waals surface area contributed by atoms with Crippen molar-refractivity contribution in [1.82, 2.24) is 9.78 Å². The van der Waals surface area contributed by atoms with Gasteiger partial charge in [-0.3, -0.25) is 4.79 Å². The molecule has 0 aliphatic carbocycles. The Kier molecular flexibility index (Phi) is 5.35. The molecule has 1 aliphatic heterocycles. The van der Waals surface area contributed by atoms with Gasteiger partial charge in [0.25, 0.3) is 0 Å². The van der Waals surface area contributed by atoms with Crippen molar-refractivity contribution >= 4 is 11.7 Å². The zero-order valence-corrected chi connectivity index (χ0v) is 17.6. The second kappa shape index (κ2) is 8.10. The number of nitrogens with zero attached hydrogens (tertiary/aromatic N) is 2. The van der Waals surface area contributed by atoms with Crippen molar-refractivity contribution in [2.45, 2.75) is 25.7 Å². The predicted octanol–water partition coefficient (Wildman–Crippen LogP) is 3.93. The highest BCUT2D eigenvalue weighted by Crippen LogP contribution is 2.45. The first kappa shape index (κ1) is 19.8. The summed E-state index contributed by atoms with van der Waals surface area (Å²) in [4.78, 5) is 12.7. The summed E-state index contributed by atoms with van der Waals surface area (Å²) in [7, 11) is 4.78. The molecular weight excluding hydrogens is 382 g/mol. The van der Waals surface area contributed by atoms with Crippen LogP contribution in [0.1, 0.15) is 36.0 Å². The molecule has 4 rings (SSSR count). The normalized spacial score (nSPS) is 15.3. The molecule has 2 heterocycles. The van der Waals surface area contributed by atoms with Gasteiger partial charge < -0.3 is 19.5 Å². The molecule has 1 aromatic heterocycles. The number of ether oxygens (including phenoxy) is 3. The number of aromatic nitrogens is 2. The lowest BCUT2D eigenvalue weighted by atomic mass is 9.86. The second-order valence-corrected chi connectivity index (χ2v) is 7.10. The highest BCUT2D eigenvalue weighted by Gasteiger charge is 2.33. The van der Waals surface area contributed by atoms with Crippen LogP contribution in [-0.2, 0) is 11.2 Å². The van der Waals surface area contributed by atoms with Crippen LogP contribution in [0.2, 0.25) is 0 Å². The van der Waals surface area contributed by atoms with E-state index in [-0.39, 0.29) is 11.8 Å². The van der Waals surface area contributed by atoms with Crippen molar-refractivity contribution in [3.05, 3.63) is 59.3 Å². The topological polar surface area (TPSA) is 74.6 Å². The molecule has 156 valence electrons. The number of methoxy groups -OCH3 is 3. The molecule has 2 aromatic carbocycles. The lowest BCUT2D eigenvalue weighted by Gasteiger charge is -2.26. The molecule has 0 saturated heterocycles. The van der Waals surface area contributed by atoms with Gasteiger partial charge in [-0.1, -0.05) is 25.1 Å². The molecule has 0 saturated carbocycles. The summed E-state index contributed by atoms with van der Waals surface area (Å²) >= 11 is 0. The number of para-hydroxylation sites is 1. The minimum Gasteiger partial charge on any atom is -0.496 e. The van der Waals surface area contributed by atoms with E-state index >= 15 is 0 Å². The summed E-state index contributed by atoms with van der Waals surface area (Å²) in [5.74, 6) is 2.20. The summed E-state index contributed by atoms with van der Waals surface area (Å²) < 4.78 is 18.3. The van der Waals surface area contributed by atoms with E-state index in [4.69, 9.17) is 14.2 Å². The smallest absolute Gasteiger partial charge is 0.226 e. The van der Waals surface area contributed by atoms with E-state index in [1.165, 1.54) is 0 Å². The minimum absolute atomic E-state index is 0.0694. The average Bonchev–Trinajstić information content (AvgIpc) is 3.20. The van der Waals surface area contributed by atoms with Gasteiger partial charge in [-0.05, 0) is 24.1 Å². The molecular formula is C23H25N3O4. The highest BCUT2D eigenvalue weighted by atomic mass is 16.5. The molecule has 0 spiro atoms. The lowest BCUT2D eigenvalue weighted by molar-refractivity contribution is -0.116. The van der Waals surface area contributed by atoms with Gasteiger partial charge in [0, 0.05) is 29.5 Å². The zero-order chi connectivity index (χ0) is 21.3. The zero-order valence-electron chi connectivity index (χ0n) is 17.6. The van der Waals surface area contributed by atoms with Crippen LogP contribution in [0.3, 0.4) is 0 Å². The Bertz CT molecular complexity index is 1090. The fourth-order valence-electron chi connectivity index (χ4n) is 4.02. The molecule has 1 N–H and O–H groups in total. The van der Waals surface area contributed by atoms with Gasteiger partial charge in [0.2, 0.25) is 5.91 Å². The number of amides is 1. The fraction of sp³-hybridized carbons (Fsp3) is 0.304. The number of nitrogens with one attached hydrogen (secondary N) is 1. The summed E-state index contributed by atoms with van der Waals surface area (Å²) in [5, 5.41) is 7.64. The summed E-state index contributed by atoms with van der Waals surface area (Å²) in [6.07, 6.45) is 2.98. The molecule has 0 fully saturated rings. The van der Waals surface area contributed by atoms with Crippen LogP contribution < -0.4 is 19.5 Å². The molecule has 1 atom stereocenters. The number of carbonyl (C=O) groups is 1. The first-order valence-corrected chi connectivity index (χ1v) is 9.87. The summed E-state index contributed by atoms with van der Waals surface area (Å²) in [6.45, 7) is 2.10. The Balaban J connectivity index is 1.87. The van der Waals surface area contributed by atoms with E-state index in [9.17, 15) is 4.79 Å². The van der Waals surface area contributed by atoms with Crippen LogP contribution in [-0.4, -0.2) is 37.0 Å².